The van der Waals surface area contributed by atoms with Gasteiger partial charge in [-0.2, -0.15) is 0 Å². The zero-order valence-corrected chi connectivity index (χ0v) is 15.1. The Balaban J connectivity index is 3.05. The number of carbonyl (C=O) groups is 2. The summed E-state index contributed by atoms with van der Waals surface area (Å²) in [4.78, 5) is 25.1. The van der Waals surface area contributed by atoms with Crippen molar-refractivity contribution in [3.05, 3.63) is 23.8 Å². The maximum Gasteiger partial charge on any atom is 0.329 e. The summed E-state index contributed by atoms with van der Waals surface area (Å²) in [6.45, 7) is 7.92. The van der Waals surface area contributed by atoms with Crippen molar-refractivity contribution >= 4 is 11.9 Å². The molecule has 0 saturated heterocycles. The lowest BCUT2D eigenvalue weighted by atomic mass is 10.0. The number of likely N-dealkylation sites (N-methyl/N-ethyl adjacent to an activating group) is 1. The van der Waals surface area contributed by atoms with Crippen LogP contribution in [0.5, 0.6) is 11.5 Å². The molecular weight excluding hydrogens is 310 g/mol. The van der Waals surface area contributed by atoms with Crippen LogP contribution in [-0.2, 0) is 4.79 Å². The van der Waals surface area contributed by atoms with Crippen LogP contribution in [0.15, 0.2) is 18.2 Å². The van der Waals surface area contributed by atoms with Crippen molar-refractivity contribution < 1.29 is 24.2 Å². The molecule has 1 amide bonds. The summed E-state index contributed by atoms with van der Waals surface area (Å²) in [5.74, 6) is -0.380. The Bertz CT molecular complexity index is 583. The molecule has 0 radical (unpaired) electrons. The minimum Gasteiger partial charge on any atom is -0.490 e. The summed E-state index contributed by atoms with van der Waals surface area (Å²) in [6, 6.07) is 4.91. The molecule has 6 nitrogen and oxygen atoms in total. The van der Waals surface area contributed by atoms with Crippen molar-refractivity contribution in [3.8, 4) is 11.5 Å². The molecule has 0 aliphatic carbocycles. The van der Waals surface area contributed by atoms with Crippen LogP contribution in [0.2, 0.25) is 0 Å². The van der Waals surface area contributed by atoms with Crippen LogP contribution in [0.4, 0.5) is 0 Å². The molecule has 0 saturated carbocycles. The predicted molar refractivity (Wildman–Crippen MR) is 91.8 cm³/mol. The topological polar surface area (TPSA) is 76.1 Å². The summed E-state index contributed by atoms with van der Waals surface area (Å²) in [5.41, 5.74) is -0.947. The van der Waals surface area contributed by atoms with Crippen LogP contribution < -0.4 is 9.47 Å². The second-order valence-corrected chi connectivity index (χ2v) is 6.02. The Morgan fingerprint density at radius 3 is 2.38 bits per heavy atom. The number of amides is 1. The van der Waals surface area contributed by atoms with E-state index in [0.717, 1.165) is 12.8 Å². The highest BCUT2D eigenvalue weighted by molar-refractivity contribution is 5.98. The van der Waals surface area contributed by atoms with Gasteiger partial charge < -0.3 is 19.5 Å². The molecule has 0 spiro atoms. The monoisotopic (exact) mass is 337 g/mol. The average Bonchev–Trinajstić information content (AvgIpc) is 2.55. The predicted octanol–water partition coefficient (Wildman–Crippen LogP) is 3.20. The lowest BCUT2D eigenvalue weighted by Crippen LogP contribution is -2.50. The van der Waals surface area contributed by atoms with Crippen LogP contribution >= 0.6 is 0 Å². The van der Waals surface area contributed by atoms with Gasteiger partial charge in [-0.05, 0) is 45.4 Å². The normalized spacial score (nSPS) is 11.0. The molecule has 24 heavy (non-hydrogen) atoms. The van der Waals surface area contributed by atoms with Gasteiger partial charge >= 0.3 is 5.97 Å². The molecule has 1 aromatic carbocycles. The van der Waals surface area contributed by atoms with Gasteiger partial charge in [-0.1, -0.05) is 13.3 Å². The average molecular weight is 337 g/mol. The van der Waals surface area contributed by atoms with Gasteiger partial charge in [0.25, 0.3) is 5.91 Å². The molecule has 0 aliphatic heterocycles. The molecule has 0 aromatic heterocycles. The van der Waals surface area contributed by atoms with Crippen molar-refractivity contribution in [2.24, 2.45) is 0 Å². The molecule has 0 atom stereocenters. The fourth-order valence-corrected chi connectivity index (χ4v) is 1.95. The second kappa shape index (κ2) is 8.57. The van der Waals surface area contributed by atoms with Crippen LogP contribution in [0.1, 0.15) is 50.9 Å². The smallest absolute Gasteiger partial charge is 0.329 e. The first-order valence-electron chi connectivity index (χ1n) is 8.16. The van der Waals surface area contributed by atoms with E-state index in [2.05, 4.69) is 6.92 Å². The lowest BCUT2D eigenvalue weighted by Gasteiger charge is -2.31. The molecule has 1 N–H and O–H groups in total. The first kappa shape index (κ1) is 19.8. The number of carboxylic acids is 1. The van der Waals surface area contributed by atoms with E-state index in [-0.39, 0.29) is 5.91 Å². The molecule has 0 bridgehead atoms. The fraction of sp³-hybridized carbons (Fsp3) is 0.556. The van der Waals surface area contributed by atoms with Gasteiger partial charge in [0.1, 0.15) is 5.54 Å². The molecule has 0 unspecified atom stereocenters. The zero-order chi connectivity index (χ0) is 18.3. The number of hydrogen-bond acceptors (Lipinski definition) is 4. The summed E-state index contributed by atoms with van der Waals surface area (Å²) >= 11 is 0. The highest BCUT2D eigenvalue weighted by Gasteiger charge is 2.35. The van der Waals surface area contributed by atoms with Gasteiger partial charge in [0.05, 0.1) is 13.2 Å². The van der Waals surface area contributed by atoms with E-state index < -0.39 is 11.5 Å². The van der Waals surface area contributed by atoms with Crippen molar-refractivity contribution in [1.82, 2.24) is 4.90 Å². The van der Waals surface area contributed by atoms with E-state index in [4.69, 9.17) is 9.47 Å². The molecule has 0 heterocycles. The second-order valence-electron chi connectivity index (χ2n) is 6.02. The number of hydrogen-bond donors (Lipinski definition) is 1. The third-order valence-corrected chi connectivity index (χ3v) is 3.91. The van der Waals surface area contributed by atoms with E-state index in [0.29, 0.717) is 30.3 Å². The molecule has 0 fully saturated rings. The SMILES string of the molecule is CCCCOc1ccc(C(=O)N(C)C(C)(C)C(=O)O)cc1OCC. The summed E-state index contributed by atoms with van der Waals surface area (Å²) in [6.07, 6.45) is 1.96. The summed E-state index contributed by atoms with van der Waals surface area (Å²) < 4.78 is 11.2. The van der Waals surface area contributed by atoms with Crippen LogP contribution in [0.3, 0.4) is 0 Å². The number of benzene rings is 1. The number of aliphatic carboxylic acids is 1. The highest BCUT2D eigenvalue weighted by Crippen LogP contribution is 2.30. The maximum absolute atomic E-state index is 12.6. The van der Waals surface area contributed by atoms with Crippen LogP contribution in [0, 0.1) is 0 Å². The van der Waals surface area contributed by atoms with Crippen molar-refractivity contribution in [1.29, 1.82) is 0 Å². The summed E-state index contributed by atoms with van der Waals surface area (Å²) in [5, 5.41) is 9.27. The molecule has 0 aliphatic rings. The Kier molecular flexibility index (Phi) is 7.07. The molecule has 134 valence electrons. The number of ether oxygens (including phenoxy) is 2. The molecular formula is C18H27NO5. The maximum atomic E-state index is 12.6. The van der Waals surface area contributed by atoms with Crippen molar-refractivity contribution in [2.45, 2.75) is 46.1 Å². The fourth-order valence-electron chi connectivity index (χ4n) is 1.95. The minimum absolute atomic E-state index is 0.359. The van der Waals surface area contributed by atoms with E-state index in [1.54, 1.807) is 18.2 Å². The Morgan fingerprint density at radius 1 is 1.17 bits per heavy atom. The lowest BCUT2D eigenvalue weighted by molar-refractivity contribution is -0.147. The van der Waals surface area contributed by atoms with Crippen LogP contribution in [-0.4, -0.2) is 47.7 Å². The third-order valence-electron chi connectivity index (χ3n) is 3.91. The first-order chi connectivity index (χ1) is 11.3. The third kappa shape index (κ3) is 4.63. The van der Waals surface area contributed by atoms with Gasteiger partial charge in [-0.3, -0.25) is 4.79 Å². The Morgan fingerprint density at radius 2 is 1.83 bits per heavy atom. The quantitative estimate of drug-likeness (QED) is 0.700. The van der Waals surface area contributed by atoms with Gasteiger partial charge in [-0.25, -0.2) is 4.79 Å². The number of carbonyl (C=O) groups excluding carboxylic acids is 1. The number of nitrogens with zero attached hydrogens (tertiary/aromatic N) is 1. The van der Waals surface area contributed by atoms with Crippen molar-refractivity contribution in [2.75, 3.05) is 20.3 Å². The first-order valence-corrected chi connectivity index (χ1v) is 8.16. The van der Waals surface area contributed by atoms with E-state index in [1.165, 1.54) is 25.8 Å². The summed E-state index contributed by atoms with van der Waals surface area (Å²) in [7, 11) is 1.47. The van der Waals surface area contributed by atoms with E-state index in [9.17, 15) is 14.7 Å². The van der Waals surface area contributed by atoms with Gasteiger partial charge in [0.2, 0.25) is 0 Å². The Hall–Kier alpha value is -2.24. The zero-order valence-electron chi connectivity index (χ0n) is 15.1. The van der Waals surface area contributed by atoms with Crippen molar-refractivity contribution in [3.63, 3.8) is 0 Å². The standard InChI is InChI=1S/C18H27NO5/c1-6-8-11-24-14-10-9-13(12-15(14)23-7-2)16(20)19(5)18(3,4)17(21)22/h9-10,12H,6-8,11H2,1-5H3,(H,21,22). The molecule has 1 aromatic rings. The van der Waals surface area contributed by atoms with Gasteiger partial charge in [0, 0.05) is 12.6 Å². The molecule has 1 rings (SSSR count). The number of rotatable bonds is 9. The minimum atomic E-state index is -1.31. The number of unbranched alkanes of at least 4 members (excludes halogenated alkanes) is 1. The highest BCUT2D eigenvalue weighted by atomic mass is 16.5. The van der Waals surface area contributed by atoms with E-state index in [1.807, 2.05) is 6.92 Å². The van der Waals surface area contributed by atoms with Crippen LogP contribution in [0.25, 0.3) is 0 Å². The van der Waals surface area contributed by atoms with E-state index >= 15 is 0 Å². The largest absolute Gasteiger partial charge is 0.490 e. The Labute approximate surface area is 143 Å². The van der Waals surface area contributed by atoms with Gasteiger partial charge in [0.15, 0.2) is 11.5 Å². The van der Waals surface area contributed by atoms with Gasteiger partial charge in [-0.15, -0.1) is 0 Å². The molecule has 6 heteroatoms. The number of carboxylic acid groups (broad SMARTS) is 1.